The number of ether oxygens (including phenoxy) is 1. The molecule has 34 heavy (non-hydrogen) atoms. The lowest BCUT2D eigenvalue weighted by atomic mass is 10.1. The van der Waals surface area contributed by atoms with E-state index in [4.69, 9.17) is 4.74 Å². The van der Waals surface area contributed by atoms with Crippen molar-refractivity contribution in [3.8, 4) is 5.75 Å². The third-order valence-electron chi connectivity index (χ3n) is 6.14. The number of carbonyl (C=O) groups is 2. The van der Waals surface area contributed by atoms with Crippen LogP contribution in [0.4, 0.5) is 5.69 Å². The number of hydrogen-bond acceptors (Lipinski definition) is 4. The number of carbonyl (C=O) groups excluding carboxylic acids is 2. The van der Waals surface area contributed by atoms with E-state index in [1.807, 2.05) is 90.5 Å². The Hall–Kier alpha value is -3.71. The lowest BCUT2D eigenvalue weighted by molar-refractivity contribution is -0.126. The minimum atomic E-state index is -0.813. The Balaban J connectivity index is 1.63. The fourth-order valence-electron chi connectivity index (χ4n) is 4.47. The van der Waals surface area contributed by atoms with Crippen LogP contribution in [0, 0.1) is 0 Å². The molecule has 7 heteroatoms. The Morgan fingerprint density at radius 1 is 1.03 bits per heavy atom. The maximum absolute atomic E-state index is 13.8. The number of anilines is 1. The molecule has 0 aliphatic carbocycles. The number of aryl methyl sites for hydroxylation is 1. The molecule has 1 aliphatic rings. The van der Waals surface area contributed by atoms with E-state index >= 15 is 0 Å². The van der Waals surface area contributed by atoms with Crippen LogP contribution < -0.4 is 15.0 Å². The zero-order valence-electron chi connectivity index (χ0n) is 19.0. The van der Waals surface area contributed by atoms with Crippen molar-refractivity contribution in [2.75, 3.05) is 17.8 Å². The van der Waals surface area contributed by atoms with Gasteiger partial charge in [0, 0.05) is 35.1 Å². The summed E-state index contributed by atoms with van der Waals surface area (Å²) in [6.45, 7) is 0.382. The molecule has 3 aromatic carbocycles. The second kappa shape index (κ2) is 9.27. The summed E-state index contributed by atoms with van der Waals surface area (Å²) in [6, 6.07) is 24.3. The second-order valence-electron chi connectivity index (χ2n) is 8.15. The van der Waals surface area contributed by atoms with Crippen molar-refractivity contribution in [1.29, 1.82) is 0 Å². The molecule has 1 aromatic heterocycles. The van der Waals surface area contributed by atoms with Gasteiger partial charge in [-0.25, -0.2) is 0 Å². The number of fused-ring (bicyclic) bond motifs is 3. The molecule has 1 atom stereocenters. The van der Waals surface area contributed by atoms with Gasteiger partial charge in [-0.2, -0.15) is 0 Å². The molecule has 5 rings (SSSR count). The van der Waals surface area contributed by atoms with Gasteiger partial charge in [-0.3, -0.25) is 14.5 Å². The summed E-state index contributed by atoms with van der Waals surface area (Å²) in [5, 5.41) is 4.12. The summed E-state index contributed by atoms with van der Waals surface area (Å²) in [5.74, 6) is 0.601. The fraction of sp³-hybridized carbons (Fsp3) is 0.185. The van der Waals surface area contributed by atoms with Crippen molar-refractivity contribution in [1.82, 2.24) is 9.88 Å². The Morgan fingerprint density at radius 3 is 2.47 bits per heavy atom. The molecule has 1 N–H and O–H groups in total. The number of amides is 2. The van der Waals surface area contributed by atoms with Gasteiger partial charge in [-0.1, -0.05) is 48.5 Å². The van der Waals surface area contributed by atoms with Gasteiger partial charge >= 0.3 is 0 Å². The minimum absolute atomic E-state index is 0.115. The molecule has 0 saturated carbocycles. The maximum atomic E-state index is 13.8. The van der Waals surface area contributed by atoms with Gasteiger partial charge in [0.2, 0.25) is 11.8 Å². The van der Waals surface area contributed by atoms with E-state index in [9.17, 15) is 9.59 Å². The first-order valence-corrected chi connectivity index (χ1v) is 12.0. The molecule has 6 nitrogen and oxygen atoms in total. The molecule has 2 heterocycles. The second-order valence-corrected chi connectivity index (χ2v) is 9.13. The van der Waals surface area contributed by atoms with Gasteiger partial charge in [0.05, 0.1) is 18.6 Å². The summed E-state index contributed by atoms with van der Waals surface area (Å²) in [6.07, 6.45) is 0. The predicted octanol–water partition coefficient (Wildman–Crippen LogP) is 4.68. The molecular formula is C27H25N3O3S. The third kappa shape index (κ3) is 3.92. The lowest BCUT2D eigenvalue weighted by Gasteiger charge is -2.30. The highest BCUT2D eigenvalue weighted by Crippen LogP contribution is 2.43. The van der Waals surface area contributed by atoms with Crippen LogP contribution >= 0.6 is 11.8 Å². The minimum Gasteiger partial charge on any atom is -0.497 e. The average Bonchev–Trinajstić information content (AvgIpc) is 3.05. The first kappa shape index (κ1) is 22.1. The van der Waals surface area contributed by atoms with Gasteiger partial charge in [0.15, 0.2) is 6.04 Å². The monoisotopic (exact) mass is 471 g/mol. The zero-order valence-corrected chi connectivity index (χ0v) is 19.8. The number of methoxy groups -OCH3 is 1. The topological polar surface area (TPSA) is 63.6 Å². The highest BCUT2D eigenvalue weighted by molar-refractivity contribution is 8.00. The van der Waals surface area contributed by atoms with Crippen LogP contribution in [0.1, 0.15) is 17.3 Å². The zero-order chi connectivity index (χ0) is 23.7. The van der Waals surface area contributed by atoms with Crippen LogP contribution in [-0.4, -0.2) is 29.2 Å². The standard InChI is InChI=1S/C27H25N3O3S/c1-29-22-11-7-6-10-21(22)26-24(29)25(27(32)28-16-18-8-4-3-5-9-18)30(23(31)17-34-26)19-12-14-20(33-2)15-13-19/h3-15,25H,16-17H2,1-2H3,(H,28,32). The number of aromatic nitrogens is 1. The molecule has 0 radical (unpaired) electrons. The number of rotatable bonds is 5. The Morgan fingerprint density at radius 2 is 1.74 bits per heavy atom. The Labute approximate surface area is 202 Å². The molecule has 0 saturated heterocycles. The molecule has 0 spiro atoms. The van der Waals surface area contributed by atoms with Gasteiger partial charge < -0.3 is 14.6 Å². The van der Waals surface area contributed by atoms with Gasteiger partial charge in [-0.15, -0.1) is 11.8 Å². The number of nitrogens with one attached hydrogen (secondary N) is 1. The molecule has 0 bridgehead atoms. The average molecular weight is 472 g/mol. The molecule has 2 amide bonds. The van der Waals surface area contributed by atoms with E-state index < -0.39 is 6.04 Å². The molecule has 4 aromatic rings. The van der Waals surface area contributed by atoms with E-state index in [1.165, 1.54) is 11.8 Å². The van der Waals surface area contributed by atoms with Gasteiger partial charge in [0.1, 0.15) is 5.75 Å². The summed E-state index contributed by atoms with van der Waals surface area (Å²) in [7, 11) is 3.56. The van der Waals surface area contributed by atoms with Crippen molar-refractivity contribution in [2.24, 2.45) is 7.05 Å². The van der Waals surface area contributed by atoms with Crippen LogP contribution in [-0.2, 0) is 23.2 Å². The summed E-state index contributed by atoms with van der Waals surface area (Å²) < 4.78 is 7.34. The SMILES string of the molecule is COc1ccc(N2C(=O)CSc3c(n(C)c4ccccc34)C2C(=O)NCc2ccccc2)cc1. The maximum Gasteiger partial charge on any atom is 0.249 e. The third-order valence-corrected chi connectivity index (χ3v) is 7.25. The Kier molecular flexibility index (Phi) is 6.02. The number of nitrogens with zero attached hydrogens (tertiary/aromatic N) is 2. The van der Waals surface area contributed by atoms with Crippen molar-refractivity contribution in [2.45, 2.75) is 17.5 Å². The predicted molar refractivity (Wildman–Crippen MR) is 135 cm³/mol. The molecule has 172 valence electrons. The number of thioether (sulfide) groups is 1. The molecule has 0 fully saturated rings. The van der Waals surface area contributed by atoms with Crippen molar-refractivity contribution in [3.05, 3.63) is 90.1 Å². The van der Waals surface area contributed by atoms with Gasteiger partial charge in [0.25, 0.3) is 0 Å². The molecular weight excluding hydrogens is 446 g/mol. The van der Waals surface area contributed by atoms with E-state index in [0.717, 1.165) is 27.1 Å². The van der Waals surface area contributed by atoms with Crippen LogP contribution in [0.3, 0.4) is 0 Å². The van der Waals surface area contributed by atoms with Crippen LogP contribution in [0.25, 0.3) is 10.9 Å². The normalized spacial score (nSPS) is 15.6. The van der Waals surface area contributed by atoms with Crippen molar-refractivity contribution < 1.29 is 14.3 Å². The van der Waals surface area contributed by atoms with Crippen molar-refractivity contribution in [3.63, 3.8) is 0 Å². The van der Waals surface area contributed by atoms with Crippen LogP contribution in [0.2, 0.25) is 0 Å². The molecule has 1 aliphatic heterocycles. The Bertz CT molecular complexity index is 1350. The first-order chi connectivity index (χ1) is 16.6. The van der Waals surface area contributed by atoms with E-state index in [0.29, 0.717) is 18.0 Å². The quantitative estimate of drug-likeness (QED) is 0.459. The molecule has 1 unspecified atom stereocenters. The highest BCUT2D eigenvalue weighted by atomic mass is 32.2. The lowest BCUT2D eigenvalue weighted by Crippen LogP contribution is -2.44. The smallest absolute Gasteiger partial charge is 0.249 e. The highest BCUT2D eigenvalue weighted by Gasteiger charge is 2.39. The van der Waals surface area contributed by atoms with Crippen molar-refractivity contribution >= 4 is 40.2 Å². The summed E-state index contributed by atoms with van der Waals surface area (Å²) >= 11 is 1.49. The fourth-order valence-corrected chi connectivity index (χ4v) is 5.60. The number of benzene rings is 3. The number of para-hydroxylation sites is 1. The summed E-state index contributed by atoms with van der Waals surface area (Å²) in [5.41, 5.74) is 3.51. The largest absolute Gasteiger partial charge is 0.497 e. The van der Waals surface area contributed by atoms with E-state index in [2.05, 4.69) is 5.32 Å². The summed E-state index contributed by atoms with van der Waals surface area (Å²) in [4.78, 5) is 29.9. The first-order valence-electron chi connectivity index (χ1n) is 11.1. The number of hydrogen-bond donors (Lipinski definition) is 1. The van der Waals surface area contributed by atoms with E-state index in [1.54, 1.807) is 12.0 Å². The van der Waals surface area contributed by atoms with Crippen LogP contribution in [0.5, 0.6) is 5.75 Å². The van der Waals surface area contributed by atoms with Crippen LogP contribution in [0.15, 0.2) is 83.8 Å². The van der Waals surface area contributed by atoms with E-state index in [-0.39, 0.29) is 17.6 Å². The van der Waals surface area contributed by atoms with Gasteiger partial charge in [-0.05, 0) is 35.9 Å².